The average Bonchev–Trinajstić information content (AvgIpc) is 2.96. The summed E-state index contributed by atoms with van der Waals surface area (Å²) in [6.45, 7) is 2.88. The minimum Gasteiger partial charge on any atom is -0.390 e. The monoisotopic (exact) mass is 475 g/mol. The van der Waals surface area contributed by atoms with Crippen molar-refractivity contribution in [2.45, 2.75) is 43.1 Å². The van der Waals surface area contributed by atoms with Gasteiger partial charge in [0, 0.05) is 18.5 Å². The topological polar surface area (TPSA) is 23.5 Å². The number of aryl methyl sites for hydroxylation is 1. The maximum absolute atomic E-state index is 11.3. The van der Waals surface area contributed by atoms with E-state index in [2.05, 4.69) is 126 Å². The van der Waals surface area contributed by atoms with Crippen LogP contribution in [0.2, 0.25) is 0 Å². The van der Waals surface area contributed by atoms with Crippen molar-refractivity contribution in [2.75, 3.05) is 19.6 Å². The van der Waals surface area contributed by atoms with Crippen LogP contribution in [0.1, 0.15) is 47.9 Å². The highest BCUT2D eigenvalue weighted by atomic mass is 16.3. The molecule has 36 heavy (non-hydrogen) atoms. The number of rotatable bonds is 9. The normalized spacial score (nSPS) is 16.0. The molecular formula is C34H37NO. The lowest BCUT2D eigenvalue weighted by Gasteiger charge is -2.41. The van der Waals surface area contributed by atoms with Crippen molar-refractivity contribution < 1.29 is 5.11 Å². The molecule has 0 saturated carbocycles. The Kier molecular flexibility index (Phi) is 7.65. The van der Waals surface area contributed by atoms with Gasteiger partial charge in [-0.1, -0.05) is 121 Å². The first kappa shape index (κ1) is 24.5. The second kappa shape index (κ2) is 11.2. The predicted molar refractivity (Wildman–Crippen MR) is 149 cm³/mol. The first-order valence-corrected chi connectivity index (χ1v) is 13.3. The smallest absolute Gasteiger partial charge is 0.0675 e. The van der Waals surface area contributed by atoms with Gasteiger partial charge in [-0.2, -0.15) is 0 Å². The molecule has 1 aliphatic heterocycles. The van der Waals surface area contributed by atoms with E-state index in [0.29, 0.717) is 0 Å². The lowest BCUT2D eigenvalue weighted by Crippen LogP contribution is -2.46. The molecule has 4 aromatic carbocycles. The van der Waals surface area contributed by atoms with Crippen LogP contribution in [0.3, 0.4) is 0 Å². The quantitative estimate of drug-likeness (QED) is 0.267. The van der Waals surface area contributed by atoms with E-state index in [1.165, 1.54) is 22.3 Å². The number of aliphatic hydroxyl groups is 1. The molecular weight excluding hydrogens is 438 g/mol. The minimum absolute atomic E-state index is 0.217. The molecule has 4 aromatic rings. The molecule has 0 atom stereocenters. The second-order valence-corrected chi connectivity index (χ2v) is 10.3. The molecule has 2 nitrogen and oxygen atoms in total. The van der Waals surface area contributed by atoms with Crippen molar-refractivity contribution in [3.63, 3.8) is 0 Å². The van der Waals surface area contributed by atoms with Crippen molar-refractivity contribution in [3.8, 4) is 0 Å². The van der Waals surface area contributed by atoms with Crippen LogP contribution in [0.15, 0.2) is 121 Å². The first-order chi connectivity index (χ1) is 17.7. The van der Waals surface area contributed by atoms with Gasteiger partial charge in [0.15, 0.2) is 0 Å². The highest BCUT2D eigenvalue weighted by Crippen LogP contribution is 2.42. The summed E-state index contributed by atoms with van der Waals surface area (Å²) < 4.78 is 0. The van der Waals surface area contributed by atoms with E-state index in [0.717, 1.165) is 51.7 Å². The van der Waals surface area contributed by atoms with Crippen LogP contribution in [-0.4, -0.2) is 35.2 Å². The maximum Gasteiger partial charge on any atom is 0.0675 e. The predicted octanol–water partition coefficient (Wildman–Crippen LogP) is 6.87. The Morgan fingerprint density at radius 1 is 0.611 bits per heavy atom. The van der Waals surface area contributed by atoms with Gasteiger partial charge in [-0.25, -0.2) is 0 Å². The van der Waals surface area contributed by atoms with E-state index in [-0.39, 0.29) is 5.41 Å². The minimum atomic E-state index is -0.554. The Labute approximate surface area is 216 Å². The molecule has 1 fully saturated rings. The van der Waals surface area contributed by atoms with E-state index >= 15 is 0 Å². The van der Waals surface area contributed by atoms with Gasteiger partial charge in [-0.15, -0.1) is 0 Å². The van der Waals surface area contributed by atoms with Crippen molar-refractivity contribution >= 4 is 0 Å². The summed E-state index contributed by atoms with van der Waals surface area (Å²) in [6, 6.07) is 43.4. The number of likely N-dealkylation sites (tertiary alicyclic amines) is 1. The van der Waals surface area contributed by atoms with E-state index in [1.54, 1.807) is 0 Å². The average molecular weight is 476 g/mol. The van der Waals surface area contributed by atoms with Gasteiger partial charge in [0.25, 0.3) is 0 Å². The third-order valence-electron chi connectivity index (χ3n) is 8.11. The van der Waals surface area contributed by atoms with Crippen LogP contribution in [-0.2, 0) is 11.8 Å². The summed E-state index contributed by atoms with van der Waals surface area (Å²) in [4.78, 5) is 2.56. The Bertz CT molecular complexity index is 1090. The Balaban J connectivity index is 1.34. The van der Waals surface area contributed by atoms with Crippen LogP contribution in [0, 0.1) is 0 Å². The summed E-state index contributed by atoms with van der Waals surface area (Å²) in [6.07, 6.45) is 4.46. The molecule has 5 rings (SSSR count). The number of hydrogen-bond donors (Lipinski definition) is 1. The van der Waals surface area contributed by atoms with E-state index in [9.17, 15) is 5.11 Å². The molecule has 1 saturated heterocycles. The molecule has 1 N–H and O–H groups in total. The molecule has 1 aliphatic rings. The Morgan fingerprint density at radius 2 is 1.03 bits per heavy atom. The summed E-state index contributed by atoms with van der Waals surface area (Å²) in [5.41, 5.74) is 4.54. The van der Waals surface area contributed by atoms with Gasteiger partial charge in [-0.05, 0) is 60.9 Å². The molecule has 0 spiro atoms. The standard InChI is InChI=1S/C34H37NO/c36-33(22-21-29-13-5-1-6-14-29)23-26-35(27-24-33)28-25-34(30-15-7-2-8-16-30,31-17-9-3-10-18-31)32-19-11-4-12-20-32/h1-20,36H,21-28H2. The molecule has 2 heteroatoms. The zero-order valence-corrected chi connectivity index (χ0v) is 21.1. The summed E-state index contributed by atoms with van der Waals surface area (Å²) in [7, 11) is 0. The van der Waals surface area contributed by atoms with Crippen molar-refractivity contribution in [1.29, 1.82) is 0 Å². The summed E-state index contributed by atoms with van der Waals surface area (Å²) in [5.74, 6) is 0. The number of benzene rings is 4. The van der Waals surface area contributed by atoms with E-state index < -0.39 is 5.60 Å². The van der Waals surface area contributed by atoms with Crippen LogP contribution < -0.4 is 0 Å². The van der Waals surface area contributed by atoms with Crippen LogP contribution in [0.4, 0.5) is 0 Å². The largest absolute Gasteiger partial charge is 0.390 e. The van der Waals surface area contributed by atoms with Gasteiger partial charge < -0.3 is 10.0 Å². The molecule has 0 aromatic heterocycles. The zero-order chi connectivity index (χ0) is 24.7. The van der Waals surface area contributed by atoms with Gasteiger partial charge in [0.2, 0.25) is 0 Å². The van der Waals surface area contributed by atoms with Gasteiger partial charge in [0.05, 0.1) is 5.60 Å². The number of hydrogen-bond acceptors (Lipinski definition) is 2. The molecule has 184 valence electrons. The molecule has 0 bridgehead atoms. The SMILES string of the molecule is OC1(CCc2ccccc2)CCN(CCC(c2ccccc2)(c2ccccc2)c2ccccc2)CC1. The lowest BCUT2D eigenvalue weighted by molar-refractivity contribution is -0.0279. The Hall–Kier alpha value is -3.20. The van der Waals surface area contributed by atoms with E-state index in [4.69, 9.17) is 0 Å². The van der Waals surface area contributed by atoms with Gasteiger partial charge in [0.1, 0.15) is 0 Å². The van der Waals surface area contributed by atoms with Crippen molar-refractivity contribution in [2.24, 2.45) is 0 Å². The van der Waals surface area contributed by atoms with Crippen molar-refractivity contribution in [1.82, 2.24) is 4.90 Å². The molecule has 0 aliphatic carbocycles. The van der Waals surface area contributed by atoms with Crippen molar-refractivity contribution in [3.05, 3.63) is 144 Å². The molecule has 1 heterocycles. The fraction of sp³-hybridized carbons (Fsp3) is 0.294. The van der Waals surface area contributed by atoms with Crippen LogP contribution >= 0.6 is 0 Å². The van der Waals surface area contributed by atoms with E-state index in [1.807, 2.05) is 0 Å². The second-order valence-electron chi connectivity index (χ2n) is 10.3. The summed E-state index contributed by atoms with van der Waals surface area (Å²) in [5, 5.41) is 11.3. The third-order valence-corrected chi connectivity index (χ3v) is 8.11. The highest BCUT2D eigenvalue weighted by molar-refractivity contribution is 5.50. The highest BCUT2D eigenvalue weighted by Gasteiger charge is 2.38. The maximum atomic E-state index is 11.3. The fourth-order valence-corrected chi connectivity index (χ4v) is 5.89. The van der Waals surface area contributed by atoms with Gasteiger partial charge >= 0.3 is 0 Å². The third kappa shape index (κ3) is 5.46. The molecule has 0 amide bonds. The van der Waals surface area contributed by atoms with Gasteiger partial charge in [-0.3, -0.25) is 0 Å². The van der Waals surface area contributed by atoms with Crippen LogP contribution in [0.25, 0.3) is 0 Å². The lowest BCUT2D eigenvalue weighted by atomic mass is 9.67. The zero-order valence-electron chi connectivity index (χ0n) is 21.1. The molecule has 0 radical (unpaired) electrons. The Morgan fingerprint density at radius 3 is 1.47 bits per heavy atom. The van der Waals surface area contributed by atoms with Crippen LogP contribution in [0.5, 0.6) is 0 Å². The number of nitrogens with zero attached hydrogens (tertiary/aromatic N) is 1. The first-order valence-electron chi connectivity index (χ1n) is 13.3. The number of piperidine rings is 1. The fourth-order valence-electron chi connectivity index (χ4n) is 5.89. The molecule has 0 unspecified atom stereocenters. The summed E-state index contributed by atoms with van der Waals surface area (Å²) >= 11 is 0.